The molecule has 0 spiro atoms. The summed E-state index contributed by atoms with van der Waals surface area (Å²) >= 11 is 0. The molecule has 0 aromatic rings. The lowest BCUT2D eigenvalue weighted by Crippen LogP contribution is -2.44. The third kappa shape index (κ3) is 4.94. The molecule has 1 amide bonds. The van der Waals surface area contributed by atoms with Crippen LogP contribution in [0.25, 0.3) is 0 Å². The molecule has 4 nitrogen and oxygen atoms in total. The zero-order chi connectivity index (χ0) is 12.8. The minimum absolute atomic E-state index is 0.210. The Kier molecular flexibility index (Phi) is 5.45. The SMILES string of the molecule is CC(=O)N1CCC(NCCCOCC2CC2)CC1. The Hall–Kier alpha value is -0.610. The van der Waals surface area contributed by atoms with Gasteiger partial charge in [0.25, 0.3) is 0 Å². The predicted octanol–water partition coefficient (Wildman–Crippen LogP) is 1.40. The Morgan fingerprint density at radius 2 is 2.00 bits per heavy atom. The number of hydrogen-bond acceptors (Lipinski definition) is 3. The molecule has 1 aliphatic carbocycles. The van der Waals surface area contributed by atoms with Gasteiger partial charge in [0.15, 0.2) is 0 Å². The van der Waals surface area contributed by atoms with Gasteiger partial charge in [0, 0.05) is 39.3 Å². The normalized spacial score (nSPS) is 21.3. The summed E-state index contributed by atoms with van der Waals surface area (Å²) in [5.41, 5.74) is 0. The maximum atomic E-state index is 11.2. The van der Waals surface area contributed by atoms with Crippen LogP contribution in [0.3, 0.4) is 0 Å². The number of carbonyl (C=O) groups is 1. The van der Waals surface area contributed by atoms with Crippen molar-refractivity contribution < 1.29 is 9.53 Å². The largest absolute Gasteiger partial charge is 0.381 e. The smallest absolute Gasteiger partial charge is 0.219 e. The Morgan fingerprint density at radius 1 is 1.28 bits per heavy atom. The first-order valence-corrected chi connectivity index (χ1v) is 7.32. The molecule has 0 atom stereocenters. The highest BCUT2D eigenvalue weighted by molar-refractivity contribution is 5.73. The van der Waals surface area contributed by atoms with Gasteiger partial charge in [-0.15, -0.1) is 0 Å². The van der Waals surface area contributed by atoms with Gasteiger partial charge in [-0.2, -0.15) is 0 Å². The first-order valence-electron chi connectivity index (χ1n) is 7.32. The van der Waals surface area contributed by atoms with E-state index in [2.05, 4.69) is 5.32 Å². The molecular weight excluding hydrogens is 228 g/mol. The van der Waals surface area contributed by atoms with Crippen LogP contribution >= 0.6 is 0 Å². The zero-order valence-electron chi connectivity index (χ0n) is 11.5. The summed E-state index contributed by atoms with van der Waals surface area (Å²) < 4.78 is 5.60. The van der Waals surface area contributed by atoms with E-state index in [1.165, 1.54) is 12.8 Å². The zero-order valence-corrected chi connectivity index (χ0v) is 11.5. The second kappa shape index (κ2) is 7.10. The maximum Gasteiger partial charge on any atom is 0.219 e. The summed E-state index contributed by atoms with van der Waals surface area (Å²) in [7, 11) is 0. The first kappa shape index (κ1) is 13.8. The molecule has 1 saturated carbocycles. The molecule has 2 fully saturated rings. The highest BCUT2D eigenvalue weighted by Crippen LogP contribution is 2.28. The lowest BCUT2D eigenvalue weighted by atomic mass is 10.1. The van der Waals surface area contributed by atoms with Crippen molar-refractivity contribution >= 4 is 5.91 Å². The average molecular weight is 254 g/mol. The van der Waals surface area contributed by atoms with E-state index in [-0.39, 0.29) is 5.91 Å². The molecule has 1 aliphatic heterocycles. The fourth-order valence-electron chi connectivity index (χ4n) is 2.41. The number of likely N-dealkylation sites (tertiary alicyclic amines) is 1. The van der Waals surface area contributed by atoms with Crippen LogP contribution in [0, 0.1) is 5.92 Å². The molecule has 2 rings (SSSR count). The lowest BCUT2D eigenvalue weighted by molar-refractivity contribution is -0.129. The standard InChI is InChI=1S/C14H26N2O2/c1-12(17)16-8-5-14(6-9-16)15-7-2-10-18-11-13-3-4-13/h13-15H,2-11H2,1H3. The number of piperidine rings is 1. The van der Waals surface area contributed by atoms with Crippen molar-refractivity contribution in [2.75, 3.05) is 32.8 Å². The number of hydrogen-bond donors (Lipinski definition) is 1. The fraction of sp³-hybridized carbons (Fsp3) is 0.929. The number of amides is 1. The van der Waals surface area contributed by atoms with Crippen LogP contribution in [-0.4, -0.2) is 49.7 Å². The minimum atomic E-state index is 0.210. The molecule has 0 aromatic carbocycles. The quantitative estimate of drug-likeness (QED) is 0.698. The highest BCUT2D eigenvalue weighted by Gasteiger charge is 2.21. The van der Waals surface area contributed by atoms with Gasteiger partial charge in [-0.3, -0.25) is 4.79 Å². The third-order valence-electron chi connectivity index (χ3n) is 3.89. The summed E-state index contributed by atoms with van der Waals surface area (Å²) in [6.07, 6.45) is 6.00. The van der Waals surface area contributed by atoms with E-state index in [0.717, 1.165) is 58.0 Å². The lowest BCUT2D eigenvalue weighted by Gasteiger charge is -2.31. The summed E-state index contributed by atoms with van der Waals surface area (Å²) in [4.78, 5) is 13.1. The molecule has 0 unspecified atom stereocenters. The molecule has 18 heavy (non-hydrogen) atoms. The summed E-state index contributed by atoms with van der Waals surface area (Å²) in [6.45, 7) is 6.36. The molecule has 0 aromatic heterocycles. The molecule has 0 bridgehead atoms. The highest BCUT2D eigenvalue weighted by atomic mass is 16.5. The van der Waals surface area contributed by atoms with E-state index in [0.29, 0.717) is 6.04 Å². The summed E-state index contributed by atoms with van der Waals surface area (Å²) in [5.74, 6) is 1.08. The third-order valence-corrected chi connectivity index (χ3v) is 3.89. The van der Waals surface area contributed by atoms with Gasteiger partial charge in [0.1, 0.15) is 0 Å². The van der Waals surface area contributed by atoms with Crippen LogP contribution in [0.15, 0.2) is 0 Å². The molecule has 0 radical (unpaired) electrons. The topological polar surface area (TPSA) is 41.6 Å². The molecule has 1 heterocycles. The van der Waals surface area contributed by atoms with E-state index < -0.39 is 0 Å². The Morgan fingerprint density at radius 3 is 2.61 bits per heavy atom. The van der Waals surface area contributed by atoms with Gasteiger partial charge in [0.05, 0.1) is 0 Å². The van der Waals surface area contributed by atoms with Gasteiger partial charge in [-0.05, 0) is 44.6 Å². The van der Waals surface area contributed by atoms with E-state index >= 15 is 0 Å². The van der Waals surface area contributed by atoms with Crippen molar-refractivity contribution in [3.8, 4) is 0 Å². The predicted molar refractivity (Wildman–Crippen MR) is 71.4 cm³/mol. The average Bonchev–Trinajstić information content (AvgIpc) is 3.18. The molecule has 1 N–H and O–H groups in total. The fourth-order valence-corrected chi connectivity index (χ4v) is 2.41. The van der Waals surface area contributed by atoms with Crippen LogP contribution in [0.5, 0.6) is 0 Å². The Bertz CT molecular complexity index is 259. The first-order chi connectivity index (χ1) is 8.75. The van der Waals surface area contributed by atoms with Gasteiger partial charge in [-0.1, -0.05) is 0 Å². The number of carbonyl (C=O) groups excluding carboxylic acids is 1. The van der Waals surface area contributed by atoms with Gasteiger partial charge < -0.3 is 15.0 Å². The molecular formula is C14H26N2O2. The van der Waals surface area contributed by atoms with Crippen molar-refractivity contribution in [1.82, 2.24) is 10.2 Å². The molecule has 4 heteroatoms. The van der Waals surface area contributed by atoms with Crippen molar-refractivity contribution in [2.24, 2.45) is 5.92 Å². The number of nitrogens with zero attached hydrogens (tertiary/aromatic N) is 1. The van der Waals surface area contributed by atoms with E-state index in [1.807, 2.05) is 4.90 Å². The number of rotatable bonds is 7. The monoisotopic (exact) mass is 254 g/mol. The summed E-state index contributed by atoms with van der Waals surface area (Å²) in [6, 6.07) is 0.587. The van der Waals surface area contributed by atoms with Crippen molar-refractivity contribution in [2.45, 2.75) is 45.1 Å². The minimum Gasteiger partial charge on any atom is -0.381 e. The van der Waals surface area contributed by atoms with Crippen LogP contribution in [0.1, 0.15) is 39.0 Å². The Labute approximate surface area is 110 Å². The van der Waals surface area contributed by atoms with E-state index in [1.54, 1.807) is 6.92 Å². The van der Waals surface area contributed by atoms with Crippen molar-refractivity contribution in [3.63, 3.8) is 0 Å². The van der Waals surface area contributed by atoms with Crippen LogP contribution in [0.2, 0.25) is 0 Å². The second-order valence-electron chi connectivity index (χ2n) is 5.61. The summed E-state index contributed by atoms with van der Waals surface area (Å²) in [5, 5.41) is 3.57. The molecule has 1 saturated heterocycles. The second-order valence-corrected chi connectivity index (χ2v) is 5.61. The molecule has 2 aliphatic rings. The number of ether oxygens (including phenoxy) is 1. The maximum absolute atomic E-state index is 11.2. The van der Waals surface area contributed by atoms with E-state index in [9.17, 15) is 4.79 Å². The van der Waals surface area contributed by atoms with Gasteiger partial charge in [-0.25, -0.2) is 0 Å². The van der Waals surface area contributed by atoms with Gasteiger partial charge in [0.2, 0.25) is 5.91 Å². The van der Waals surface area contributed by atoms with Gasteiger partial charge >= 0.3 is 0 Å². The Balaban J connectivity index is 1.43. The van der Waals surface area contributed by atoms with Crippen LogP contribution in [-0.2, 0) is 9.53 Å². The van der Waals surface area contributed by atoms with Crippen molar-refractivity contribution in [3.05, 3.63) is 0 Å². The van der Waals surface area contributed by atoms with Crippen LogP contribution in [0.4, 0.5) is 0 Å². The molecule has 104 valence electrons. The van der Waals surface area contributed by atoms with Crippen molar-refractivity contribution in [1.29, 1.82) is 0 Å². The van der Waals surface area contributed by atoms with Crippen LogP contribution < -0.4 is 5.32 Å². The number of nitrogens with one attached hydrogen (secondary N) is 1. The van der Waals surface area contributed by atoms with E-state index in [4.69, 9.17) is 4.74 Å².